The molecule has 4 aliphatic rings. The maximum Gasteiger partial charge on any atom is 0.326 e. The fourth-order valence-electron chi connectivity index (χ4n) is 5.61. The molecule has 8 nitrogen and oxygen atoms in total. The Morgan fingerprint density at radius 3 is 2.84 bits per heavy atom. The van der Waals surface area contributed by atoms with Crippen molar-refractivity contribution < 1.29 is 23.5 Å². The summed E-state index contributed by atoms with van der Waals surface area (Å²) in [6.07, 6.45) is 2.48. The molecule has 4 aliphatic heterocycles. The molecule has 0 radical (unpaired) electrons. The number of anilines is 1. The minimum absolute atomic E-state index is 0.0284. The van der Waals surface area contributed by atoms with Crippen LogP contribution in [0.5, 0.6) is 11.5 Å². The number of nitrogens with one attached hydrogen (secondary N) is 3. The van der Waals surface area contributed by atoms with Gasteiger partial charge >= 0.3 is 6.03 Å². The van der Waals surface area contributed by atoms with E-state index in [9.17, 15) is 9.59 Å². The number of nitrogens with zero attached hydrogens (tertiary/aromatic N) is 1. The fraction of sp³-hybridized carbons (Fsp3) is 0.407. The molecule has 0 spiro atoms. The quantitative estimate of drug-likeness (QED) is 0.548. The van der Waals surface area contributed by atoms with Crippen molar-refractivity contribution in [3.05, 3.63) is 64.4 Å². The van der Waals surface area contributed by atoms with Crippen molar-refractivity contribution >= 4 is 29.4 Å². The Labute approximate surface area is 218 Å². The number of rotatable bonds is 5. The van der Waals surface area contributed by atoms with E-state index in [1.807, 2.05) is 18.2 Å². The predicted molar refractivity (Wildman–Crippen MR) is 139 cm³/mol. The first-order valence-electron chi connectivity index (χ1n) is 12.7. The third-order valence-electron chi connectivity index (χ3n) is 7.40. The van der Waals surface area contributed by atoms with E-state index < -0.39 is 5.82 Å². The van der Waals surface area contributed by atoms with Gasteiger partial charge in [0.2, 0.25) is 0 Å². The van der Waals surface area contributed by atoms with Crippen molar-refractivity contribution in [3.8, 4) is 11.5 Å². The molecule has 6 rings (SSSR count). The van der Waals surface area contributed by atoms with Crippen LogP contribution in [0.2, 0.25) is 0 Å². The first kappa shape index (κ1) is 24.3. The molecule has 0 saturated carbocycles. The van der Waals surface area contributed by atoms with E-state index in [4.69, 9.17) is 9.47 Å². The van der Waals surface area contributed by atoms with Crippen molar-refractivity contribution in [1.29, 1.82) is 0 Å². The molecule has 0 aromatic heterocycles. The largest absolute Gasteiger partial charge is 0.454 e. The average Bonchev–Trinajstić information content (AvgIpc) is 3.28. The molecule has 2 aromatic rings. The van der Waals surface area contributed by atoms with Gasteiger partial charge in [-0.2, -0.15) is 0 Å². The second-order valence-corrected chi connectivity index (χ2v) is 10.9. The highest BCUT2D eigenvalue weighted by Gasteiger charge is 2.52. The van der Waals surface area contributed by atoms with E-state index in [1.165, 1.54) is 11.8 Å². The van der Waals surface area contributed by atoms with E-state index in [0.717, 1.165) is 19.4 Å². The Hall–Kier alpha value is -3.08. The molecule has 3 fully saturated rings. The highest BCUT2D eigenvalue weighted by molar-refractivity contribution is 8.04. The number of para-hydroxylation sites is 1. The van der Waals surface area contributed by atoms with Gasteiger partial charge in [0, 0.05) is 23.8 Å². The van der Waals surface area contributed by atoms with E-state index in [-0.39, 0.29) is 41.1 Å². The first-order valence-corrected chi connectivity index (χ1v) is 13.5. The van der Waals surface area contributed by atoms with Gasteiger partial charge in [0.25, 0.3) is 5.91 Å². The summed E-state index contributed by atoms with van der Waals surface area (Å²) in [5.41, 5.74) is 1.50. The molecule has 3 amide bonds. The lowest BCUT2D eigenvalue weighted by Crippen LogP contribution is -2.62. The lowest BCUT2D eigenvalue weighted by molar-refractivity contribution is -0.118. The Balaban J connectivity index is 1.28. The van der Waals surface area contributed by atoms with E-state index >= 15 is 4.39 Å². The van der Waals surface area contributed by atoms with Crippen LogP contribution in [0.25, 0.3) is 0 Å². The zero-order valence-corrected chi connectivity index (χ0v) is 21.3. The molecule has 194 valence electrons. The van der Waals surface area contributed by atoms with Crippen LogP contribution in [-0.4, -0.2) is 49.2 Å². The summed E-state index contributed by atoms with van der Waals surface area (Å²) in [6.45, 7) is 3.57. The molecule has 0 bridgehead atoms. The summed E-state index contributed by atoms with van der Waals surface area (Å²) in [6, 6.07) is 11.7. The lowest BCUT2D eigenvalue weighted by Gasteiger charge is -2.46. The number of halogens is 1. The van der Waals surface area contributed by atoms with Gasteiger partial charge in [-0.1, -0.05) is 30.0 Å². The molecule has 4 heterocycles. The number of piperidine rings is 1. The number of carbonyl (C=O) groups excluding carboxylic acids is 2. The highest BCUT2D eigenvalue weighted by Crippen LogP contribution is 2.48. The molecule has 4 atom stereocenters. The van der Waals surface area contributed by atoms with Gasteiger partial charge < -0.3 is 25.4 Å². The second kappa shape index (κ2) is 10.00. The molecule has 2 aromatic carbocycles. The molecule has 10 heteroatoms. The van der Waals surface area contributed by atoms with Crippen LogP contribution in [0.15, 0.2) is 53.1 Å². The number of carbonyl (C=O) groups is 2. The molecular weight excluding hydrogens is 495 g/mol. The lowest BCUT2D eigenvalue weighted by atomic mass is 9.86. The van der Waals surface area contributed by atoms with E-state index in [1.54, 1.807) is 36.1 Å². The van der Waals surface area contributed by atoms with Gasteiger partial charge in [-0.15, -0.1) is 0 Å². The van der Waals surface area contributed by atoms with Gasteiger partial charge in [0.1, 0.15) is 5.75 Å². The minimum atomic E-state index is -0.503. The average molecular weight is 525 g/mol. The maximum absolute atomic E-state index is 15.4. The number of benzene rings is 2. The number of urea groups is 1. The summed E-state index contributed by atoms with van der Waals surface area (Å²) in [7, 11) is 0. The third kappa shape index (κ3) is 4.47. The molecule has 3 N–H and O–H groups in total. The van der Waals surface area contributed by atoms with Crippen molar-refractivity contribution in [2.45, 2.75) is 43.6 Å². The number of ether oxygens (including phenoxy) is 2. The minimum Gasteiger partial charge on any atom is -0.454 e. The number of thioether (sulfide) groups is 1. The zero-order valence-electron chi connectivity index (χ0n) is 20.5. The Morgan fingerprint density at radius 1 is 1.22 bits per heavy atom. The summed E-state index contributed by atoms with van der Waals surface area (Å²) in [5, 5.41) is 9.50. The summed E-state index contributed by atoms with van der Waals surface area (Å²) >= 11 is 1.46. The number of hydrogen-bond donors (Lipinski definition) is 3. The second-order valence-electron chi connectivity index (χ2n) is 9.74. The summed E-state index contributed by atoms with van der Waals surface area (Å²) in [5.74, 6) is -0.146. The topological polar surface area (TPSA) is 91.9 Å². The van der Waals surface area contributed by atoms with Crippen LogP contribution in [-0.2, 0) is 9.53 Å². The van der Waals surface area contributed by atoms with Crippen LogP contribution in [0.3, 0.4) is 0 Å². The molecule has 0 aliphatic carbocycles. The van der Waals surface area contributed by atoms with Crippen LogP contribution >= 0.6 is 11.8 Å². The number of hydrogen-bond acceptors (Lipinski definition) is 6. The SMILES string of the molecule is Cc1c(N2C(=O)NC3=C(C(=O)N[C@H]4CCCOC4)SC4NCCC2C34)ccc(Oc2ccccc2)c1F. The molecule has 3 saturated heterocycles. The molecular formula is C27H29FN4O4S. The van der Waals surface area contributed by atoms with Crippen molar-refractivity contribution in [1.82, 2.24) is 16.0 Å². The Bertz CT molecular complexity index is 1250. The fourth-order valence-corrected chi connectivity index (χ4v) is 7.01. The Morgan fingerprint density at radius 2 is 2.05 bits per heavy atom. The molecule has 37 heavy (non-hydrogen) atoms. The van der Waals surface area contributed by atoms with E-state index in [0.29, 0.717) is 47.2 Å². The highest BCUT2D eigenvalue weighted by atomic mass is 32.2. The third-order valence-corrected chi connectivity index (χ3v) is 8.75. The zero-order chi connectivity index (χ0) is 25.5. The first-order chi connectivity index (χ1) is 18.0. The number of amides is 3. The van der Waals surface area contributed by atoms with Crippen LogP contribution in [0.4, 0.5) is 14.9 Å². The molecule has 3 unspecified atom stereocenters. The predicted octanol–water partition coefficient (Wildman–Crippen LogP) is 4.01. The van der Waals surface area contributed by atoms with Gasteiger partial charge in [-0.3, -0.25) is 9.69 Å². The van der Waals surface area contributed by atoms with Gasteiger partial charge in [0.15, 0.2) is 11.6 Å². The maximum atomic E-state index is 15.4. The van der Waals surface area contributed by atoms with Gasteiger partial charge in [0.05, 0.1) is 34.7 Å². The van der Waals surface area contributed by atoms with Crippen LogP contribution in [0, 0.1) is 18.7 Å². The summed E-state index contributed by atoms with van der Waals surface area (Å²) in [4.78, 5) is 28.9. The van der Waals surface area contributed by atoms with Gasteiger partial charge in [-0.05, 0) is 57.0 Å². The van der Waals surface area contributed by atoms with Crippen LogP contribution < -0.4 is 25.6 Å². The smallest absolute Gasteiger partial charge is 0.326 e. The van der Waals surface area contributed by atoms with E-state index in [2.05, 4.69) is 16.0 Å². The Kier molecular flexibility index (Phi) is 6.56. The van der Waals surface area contributed by atoms with Crippen LogP contribution in [0.1, 0.15) is 24.8 Å². The summed E-state index contributed by atoms with van der Waals surface area (Å²) < 4.78 is 26.7. The van der Waals surface area contributed by atoms with Crippen molar-refractivity contribution in [3.63, 3.8) is 0 Å². The van der Waals surface area contributed by atoms with Gasteiger partial charge in [-0.25, -0.2) is 9.18 Å². The normalized spacial score (nSPS) is 27.0. The van der Waals surface area contributed by atoms with Crippen molar-refractivity contribution in [2.75, 3.05) is 24.7 Å². The standard InChI is InChI=1S/C27H29FN4O4S/c1-15-18(9-10-20(22(15)28)36-17-7-3-2-4-8-17)32-19-11-12-29-26-21(19)23(31-27(32)34)24(37-26)25(33)30-16-6-5-13-35-14-16/h2-4,7-10,16,19,21,26,29H,5-6,11-14H2,1H3,(H,30,33)(H,31,34)/t16-,19?,21?,26?/m0/s1. The monoisotopic (exact) mass is 524 g/mol. The van der Waals surface area contributed by atoms with Crippen molar-refractivity contribution in [2.24, 2.45) is 5.92 Å².